The zero-order valence-electron chi connectivity index (χ0n) is 12.2. The van der Waals surface area contributed by atoms with Crippen molar-refractivity contribution in [3.05, 3.63) is 60.4 Å². The summed E-state index contributed by atoms with van der Waals surface area (Å²) in [6, 6.07) is 13.1. The fourth-order valence-electron chi connectivity index (χ4n) is 2.07. The van der Waals surface area contributed by atoms with E-state index in [1.54, 1.807) is 37.2 Å². The molecule has 5 nitrogen and oxygen atoms in total. The molecule has 0 atom stereocenters. The average molecular weight is 295 g/mol. The van der Waals surface area contributed by atoms with Crippen molar-refractivity contribution < 1.29 is 4.39 Å². The Hall–Kier alpha value is -2.89. The van der Waals surface area contributed by atoms with Gasteiger partial charge in [-0.2, -0.15) is 9.37 Å². The zero-order valence-corrected chi connectivity index (χ0v) is 12.2. The molecule has 6 heteroatoms. The first-order valence-corrected chi connectivity index (χ1v) is 6.77. The number of aromatic nitrogens is 4. The van der Waals surface area contributed by atoms with Gasteiger partial charge in [0.15, 0.2) is 5.82 Å². The predicted molar refractivity (Wildman–Crippen MR) is 82.3 cm³/mol. The Morgan fingerprint density at radius 1 is 0.955 bits per heavy atom. The minimum atomic E-state index is -0.751. The molecule has 3 aromatic rings. The van der Waals surface area contributed by atoms with Crippen molar-refractivity contribution in [2.24, 2.45) is 0 Å². The number of hydrogen-bond donors (Lipinski definition) is 0. The summed E-state index contributed by atoms with van der Waals surface area (Å²) in [5, 5.41) is 0. The highest BCUT2D eigenvalue weighted by molar-refractivity contribution is 5.60. The van der Waals surface area contributed by atoms with Gasteiger partial charge in [0.25, 0.3) is 0 Å². The minimum Gasteiger partial charge on any atom is -0.314 e. The summed E-state index contributed by atoms with van der Waals surface area (Å²) in [4.78, 5) is 17.9. The molecule has 110 valence electrons. The maximum Gasteiger partial charge on any atom is 0.310 e. The van der Waals surface area contributed by atoms with Crippen LogP contribution in [0.15, 0.2) is 48.7 Å². The Labute approximate surface area is 127 Å². The zero-order chi connectivity index (χ0) is 15.5. The van der Waals surface area contributed by atoms with Gasteiger partial charge in [-0.25, -0.2) is 15.0 Å². The molecule has 1 aromatic carbocycles. The van der Waals surface area contributed by atoms with Crippen LogP contribution in [0.2, 0.25) is 0 Å². The van der Waals surface area contributed by atoms with Crippen LogP contribution in [0.4, 0.5) is 16.0 Å². The molecule has 0 aliphatic rings. The topological polar surface area (TPSA) is 54.8 Å². The summed E-state index contributed by atoms with van der Waals surface area (Å²) in [5.74, 6) is 1.69. The monoisotopic (exact) mass is 295 g/mol. The molecule has 0 fully saturated rings. The highest BCUT2D eigenvalue weighted by atomic mass is 19.1. The molecule has 3 rings (SSSR count). The van der Waals surface area contributed by atoms with Crippen LogP contribution >= 0.6 is 0 Å². The number of hydrogen-bond acceptors (Lipinski definition) is 5. The summed E-state index contributed by atoms with van der Waals surface area (Å²) in [6.07, 6.45) is 0.921. The third-order valence-corrected chi connectivity index (χ3v) is 3.17. The van der Waals surface area contributed by atoms with Crippen LogP contribution in [0.3, 0.4) is 0 Å². The van der Waals surface area contributed by atoms with Crippen molar-refractivity contribution >= 4 is 11.6 Å². The molecule has 0 saturated heterocycles. The predicted octanol–water partition coefficient (Wildman–Crippen LogP) is 3.15. The SMILES string of the molecule is Cc1cc(N(C)c2ccnc(-c3ccccc3)n2)nc(F)n1. The van der Waals surface area contributed by atoms with Crippen molar-refractivity contribution in [2.45, 2.75) is 6.92 Å². The number of anilines is 2. The van der Waals surface area contributed by atoms with Gasteiger partial charge in [-0.05, 0) is 13.0 Å². The minimum absolute atomic E-state index is 0.447. The van der Waals surface area contributed by atoms with Crippen molar-refractivity contribution in [1.29, 1.82) is 0 Å². The first-order chi connectivity index (χ1) is 10.6. The van der Waals surface area contributed by atoms with Crippen LogP contribution in [0.1, 0.15) is 5.69 Å². The lowest BCUT2D eigenvalue weighted by Crippen LogP contribution is -2.14. The Morgan fingerprint density at radius 2 is 1.73 bits per heavy atom. The standard InChI is InChI=1S/C16H14FN5/c1-11-10-14(21-16(17)19-11)22(2)13-8-9-18-15(20-13)12-6-4-3-5-7-12/h3-10H,1-2H3. The van der Waals surface area contributed by atoms with Crippen molar-refractivity contribution in [3.8, 4) is 11.4 Å². The first-order valence-electron chi connectivity index (χ1n) is 6.77. The van der Waals surface area contributed by atoms with Crippen molar-refractivity contribution in [3.63, 3.8) is 0 Å². The van der Waals surface area contributed by atoms with E-state index in [0.29, 0.717) is 23.2 Å². The van der Waals surface area contributed by atoms with E-state index < -0.39 is 6.08 Å². The fourth-order valence-corrected chi connectivity index (χ4v) is 2.07. The third kappa shape index (κ3) is 2.90. The van der Waals surface area contributed by atoms with E-state index in [4.69, 9.17) is 0 Å². The van der Waals surface area contributed by atoms with Crippen LogP contribution in [-0.4, -0.2) is 27.0 Å². The van der Waals surface area contributed by atoms with Crippen molar-refractivity contribution in [2.75, 3.05) is 11.9 Å². The Balaban J connectivity index is 1.98. The van der Waals surface area contributed by atoms with Crippen LogP contribution in [0, 0.1) is 13.0 Å². The summed E-state index contributed by atoms with van der Waals surface area (Å²) in [5.41, 5.74) is 1.48. The van der Waals surface area contributed by atoms with E-state index in [0.717, 1.165) is 5.56 Å². The number of rotatable bonds is 3. The van der Waals surface area contributed by atoms with Gasteiger partial charge >= 0.3 is 6.08 Å². The van der Waals surface area contributed by atoms with Gasteiger partial charge in [0.1, 0.15) is 11.6 Å². The molecular weight excluding hydrogens is 281 g/mol. The first kappa shape index (κ1) is 14.1. The number of halogens is 1. The second-order valence-corrected chi connectivity index (χ2v) is 4.80. The molecule has 2 heterocycles. The number of benzene rings is 1. The molecule has 0 aliphatic heterocycles. The molecular formula is C16H14FN5. The quantitative estimate of drug-likeness (QED) is 0.695. The molecule has 0 unspecified atom stereocenters. The summed E-state index contributed by atoms with van der Waals surface area (Å²) in [6.45, 7) is 1.72. The lowest BCUT2D eigenvalue weighted by Gasteiger charge is -2.17. The van der Waals surface area contributed by atoms with Gasteiger partial charge in [-0.15, -0.1) is 0 Å². The summed E-state index contributed by atoms with van der Waals surface area (Å²) >= 11 is 0. The maximum atomic E-state index is 13.4. The maximum absolute atomic E-state index is 13.4. The smallest absolute Gasteiger partial charge is 0.310 e. The molecule has 22 heavy (non-hydrogen) atoms. The van der Waals surface area contributed by atoms with Gasteiger partial charge in [-0.1, -0.05) is 30.3 Å². The van der Waals surface area contributed by atoms with E-state index >= 15 is 0 Å². The van der Waals surface area contributed by atoms with E-state index in [1.165, 1.54) is 0 Å². The fraction of sp³-hybridized carbons (Fsp3) is 0.125. The molecule has 2 aromatic heterocycles. The molecule has 0 bridgehead atoms. The highest BCUT2D eigenvalue weighted by Gasteiger charge is 2.11. The summed E-state index contributed by atoms with van der Waals surface area (Å²) < 4.78 is 13.4. The molecule has 0 spiro atoms. The van der Waals surface area contributed by atoms with Gasteiger partial charge in [-0.3, -0.25) is 0 Å². The second kappa shape index (κ2) is 5.85. The summed E-state index contributed by atoms with van der Waals surface area (Å²) in [7, 11) is 1.78. The largest absolute Gasteiger partial charge is 0.314 e. The van der Waals surface area contributed by atoms with Gasteiger partial charge in [0.05, 0.1) is 0 Å². The lowest BCUT2D eigenvalue weighted by atomic mass is 10.2. The van der Waals surface area contributed by atoms with Gasteiger partial charge in [0, 0.05) is 30.6 Å². The van der Waals surface area contributed by atoms with Gasteiger partial charge < -0.3 is 4.90 Å². The average Bonchev–Trinajstić information content (AvgIpc) is 2.54. The molecule has 0 radical (unpaired) electrons. The van der Waals surface area contributed by atoms with Gasteiger partial charge in [0.2, 0.25) is 0 Å². The van der Waals surface area contributed by atoms with E-state index in [2.05, 4.69) is 19.9 Å². The van der Waals surface area contributed by atoms with E-state index in [9.17, 15) is 4.39 Å². The number of aryl methyl sites for hydroxylation is 1. The van der Waals surface area contributed by atoms with Crippen LogP contribution in [0.25, 0.3) is 11.4 Å². The lowest BCUT2D eigenvalue weighted by molar-refractivity contribution is 0.535. The van der Waals surface area contributed by atoms with Crippen LogP contribution < -0.4 is 4.90 Å². The Kier molecular flexibility index (Phi) is 3.74. The Morgan fingerprint density at radius 3 is 2.45 bits per heavy atom. The van der Waals surface area contributed by atoms with Crippen LogP contribution in [0.5, 0.6) is 0 Å². The van der Waals surface area contributed by atoms with Crippen molar-refractivity contribution in [1.82, 2.24) is 19.9 Å². The van der Waals surface area contributed by atoms with E-state index in [1.807, 2.05) is 30.3 Å². The molecule has 0 N–H and O–H groups in total. The molecule has 0 saturated carbocycles. The molecule has 0 aliphatic carbocycles. The van der Waals surface area contributed by atoms with E-state index in [-0.39, 0.29) is 0 Å². The van der Waals surface area contributed by atoms with Crippen LogP contribution in [-0.2, 0) is 0 Å². The highest BCUT2D eigenvalue weighted by Crippen LogP contribution is 2.22. The normalized spacial score (nSPS) is 10.5. The second-order valence-electron chi connectivity index (χ2n) is 4.80. The third-order valence-electron chi connectivity index (χ3n) is 3.17. The molecule has 0 amide bonds. The number of nitrogens with zero attached hydrogens (tertiary/aromatic N) is 5. The Bertz CT molecular complexity index is 771.